The standard InChI is InChI=1S/C24H39N3O6/c1-5-33-24(31)19-16(4)6-7-17-20(19)23(30)27(18(14-28)15(2)3)21(17)22(29)25-8-9-26-10-12-32-13-11-26/h6-7,15-21,28H,5,8-14H2,1-4H3,(H,25,29)/t16-,17+,18+,19-,20+,21+/m1/s1. The smallest absolute Gasteiger partial charge is 0.310 e. The summed E-state index contributed by atoms with van der Waals surface area (Å²) in [4.78, 5) is 43.7. The Morgan fingerprint density at radius 3 is 2.58 bits per heavy atom. The number of allylic oxidation sites excluding steroid dienone is 1. The van der Waals surface area contributed by atoms with Crippen molar-refractivity contribution >= 4 is 17.8 Å². The largest absolute Gasteiger partial charge is 0.466 e. The van der Waals surface area contributed by atoms with E-state index in [0.717, 1.165) is 13.1 Å². The minimum Gasteiger partial charge on any atom is -0.466 e. The van der Waals surface area contributed by atoms with Gasteiger partial charge in [0.1, 0.15) is 6.04 Å². The Kier molecular flexibility index (Phi) is 8.89. The monoisotopic (exact) mass is 465 g/mol. The fraction of sp³-hybridized carbons (Fsp3) is 0.792. The molecule has 0 saturated carbocycles. The molecule has 2 saturated heterocycles. The second-order valence-corrected chi connectivity index (χ2v) is 9.55. The molecule has 9 nitrogen and oxygen atoms in total. The quantitative estimate of drug-likeness (QED) is 0.372. The number of hydrogen-bond donors (Lipinski definition) is 2. The van der Waals surface area contributed by atoms with Crippen LogP contribution in [0.25, 0.3) is 0 Å². The summed E-state index contributed by atoms with van der Waals surface area (Å²) in [6, 6.07) is -1.28. The summed E-state index contributed by atoms with van der Waals surface area (Å²) >= 11 is 0. The normalized spacial score (nSPS) is 30.9. The van der Waals surface area contributed by atoms with E-state index in [1.54, 1.807) is 11.8 Å². The van der Waals surface area contributed by atoms with Crippen molar-refractivity contribution in [2.24, 2.45) is 29.6 Å². The summed E-state index contributed by atoms with van der Waals surface area (Å²) < 4.78 is 10.7. The Labute approximate surface area is 196 Å². The summed E-state index contributed by atoms with van der Waals surface area (Å²) in [7, 11) is 0. The minimum absolute atomic E-state index is 0.0507. The number of esters is 1. The highest BCUT2D eigenvalue weighted by Crippen LogP contribution is 2.45. The molecule has 3 rings (SSSR count). The summed E-state index contributed by atoms with van der Waals surface area (Å²) in [5.41, 5.74) is 0. The molecule has 6 atom stereocenters. The highest BCUT2D eigenvalue weighted by Gasteiger charge is 2.58. The van der Waals surface area contributed by atoms with E-state index in [-0.39, 0.29) is 36.9 Å². The molecule has 0 bridgehead atoms. The van der Waals surface area contributed by atoms with Crippen molar-refractivity contribution in [2.45, 2.75) is 39.8 Å². The van der Waals surface area contributed by atoms with Crippen molar-refractivity contribution in [2.75, 3.05) is 52.6 Å². The van der Waals surface area contributed by atoms with E-state index in [1.165, 1.54) is 0 Å². The molecule has 33 heavy (non-hydrogen) atoms. The van der Waals surface area contributed by atoms with Crippen LogP contribution in [-0.4, -0.2) is 97.4 Å². The molecule has 1 aliphatic carbocycles. The first-order valence-electron chi connectivity index (χ1n) is 12.2. The number of aliphatic hydroxyl groups is 1. The number of fused-ring (bicyclic) bond motifs is 1. The van der Waals surface area contributed by atoms with Gasteiger partial charge in [-0.2, -0.15) is 0 Å². The fourth-order valence-electron chi connectivity index (χ4n) is 5.38. The average molecular weight is 466 g/mol. The summed E-state index contributed by atoms with van der Waals surface area (Å²) in [6.45, 7) is 11.7. The minimum atomic E-state index is -0.771. The molecule has 3 aliphatic rings. The molecule has 0 aromatic carbocycles. The molecule has 2 fully saturated rings. The molecule has 0 radical (unpaired) electrons. The highest BCUT2D eigenvalue weighted by molar-refractivity contribution is 5.96. The van der Waals surface area contributed by atoms with Crippen molar-refractivity contribution in [1.29, 1.82) is 0 Å². The number of nitrogens with one attached hydrogen (secondary N) is 1. The van der Waals surface area contributed by atoms with Crippen molar-refractivity contribution in [3.05, 3.63) is 12.2 Å². The van der Waals surface area contributed by atoms with E-state index in [1.807, 2.05) is 32.9 Å². The lowest BCUT2D eigenvalue weighted by atomic mass is 9.70. The Morgan fingerprint density at radius 1 is 1.27 bits per heavy atom. The van der Waals surface area contributed by atoms with Crippen LogP contribution in [0.2, 0.25) is 0 Å². The first kappa shape index (κ1) is 25.6. The molecular formula is C24H39N3O6. The molecule has 0 aromatic heterocycles. The van der Waals surface area contributed by atoms with Gasteiger partial charge in [0.15, 0.2) is 0 Å². The van der Waals surface area contributed by atoms with Crippen LogP contribution < -0.4 is 5.32 Å². The predicted octanol–water partition coefficient (Wildman–Crippen LogP) is 0.280. The van der Waals surface area contributed by atoms with E-state index in [9.17, 15) is 19.5 Å². The van der Waals surface area contributed by atoms with E-state index >= 15 is 0 Å². The van der Waals surface area contributed by atoms with Gasteiger partial charge in [0, 0.05) is 32.1 Å². The number of hydrogen-bond acceptors (Lipinski definition) is 7. The van der Waals surface area contributed by atoms with Crippen molar-refractivity contribution < 1.29 is 29.0 Å². The number of aliphatic hydroxyl groups excluding tert-OH is 1. The summed E-state index contributed by atoms with van der Waals surface area (Å²) in [5.74, 6) is -2.90. The van der Waals surface area contributed by atoms with Gasteiger partial charge in [-0.15, -0.1) is 0 Å². The molecule has 0 unspecified atom stereocenters. The van der Waals surface area contributed by atoms with Gasteiger partial charge < -0.3 is 24.8 Å². The van der Waals surface area contributed by atoms with Crippen LogP contribution in [0, 0.1) is 29.6 Å². The Bertz CT molecular complexity index is 736. The maximum absolute atomic E-state index is 13.7. The lowest BCUT2D eigenvalue weighted by Crippen LogP contribution is -2.54. The van der Waals surface area contributed by atoms with Crippen molar-refractivity contribution in [3.8, 4) is 0 Å². The Hall–Kier alpha value is -1.97. The lowest BCUT2D eigenvalue weighted by molar-refractivity contribution is -0.156. The van der Waals surface area contributed by atoms with E-state index in [4.69, 9.17) is 9.47 Å². The number of morpholine rings is 1. The molecular weight excluding hydrogens is 426 g/mol. The molecule has 2 N–H and O–H groups in total. The second-order valence-electron chi connectivity index (χ2n) is 9.55. The summed E-state index contributed by atoms with van der Waals surface area (Å²) in [6.07, 6.45) is 3.82. The van der Waals surface area contributed by atoms with Crippen LogP contribution in [0.1, 0.15) is 27.7 Å². The number of carbonyl (C=O) groups is 3. The second kappa shape index (κ2) is 11.4. The zero-order chi connectivity index (χ0) is 24.1. The average Bonchev–Trinajstić information content (AvgIpc) is 3.07. The molecule has 0 aromatic rings. The first-order chi connectivity index (χ1) is 15.8. The van der Waals surface area contributed by atoms with Crippen LogP contribution in [0.5, 0.6) is 0 Å². The zero-order valence-electron chi connectivity index (χ0n) is 20.2. The number of ether oxygens (including phenoxy) is 2. The van der Waals surface area contributed by atoms with Gasteiger partial charge in [0.05, 0.1) is 44.3 Å². The maximum Gasteiger partial charge on any atom is 0.310 e. The molecule has 2 heterocycles. The SMILES string of the molecule is CCOC(=O)[C@H]1[C@H]2C(=O)N([C@@H](CO)C(C)C)[C@H](C(=O)NCCN3CCOCC3)[C@H]2C=C[C@H]1C. The topological polar surface area (TPSA) is 108 Å². The van der Waals surface area contributed by atoms with Gasteiger partial charge in [0.25, 0.3) is 0 Å². The Balaban J connectivity index is 1.84. The third kappa shape index (κ3) is 5.41. The van der Waals surface area contributed by atoms with Crippen LogP contribution in [-0.2, 0) is 23.9 Å². The van der Waals surface area contributed by atoms with Crippen LogP contribution in [0.4, 0.5) is 0 Å². The van der Waals surface area contributed by atoms with Gasteiger partial charge in [-0.25, -0.2) is 0 Å². The van der Waals surface area contributed by atoms with Crippen LogP contribution in [0.15, 0.2) is 12.2 Å². The van der Waals surface area contributed by atoms with Gasteiger partial charge in [0.2, 0.25) is 11.8 Å². The van der Waals surface area contributed by atoms with Gasteiger partial charge >= 0.3 is 5.97 Å². The predicted molar refractivity (Wildman–Crippen MR) is 122 cm³/mol. The third-order valence-corrected chi connectivity index (χ3v) is 7.18. The van der Waals surface area contributed by atoms with Crippen molar-refractivity contribution in [3.63, 3.8) is 0 Å². The number of carbonyl (C=O) groups excluding carboxylic acids is 3. The number of likely N-dealkylation sites (tertiary alicyclic amines) is 1. The molecule has 9 heteroatoms. The van der Waals surface area contributed by atoms with Gasteiger partial charge in [-0.1, -0.05) is 32.9 Å². The lowest BCUT2D eigenvalue weighted by Gasteiger charge is -2.35. The zero-order valence-corrected chi connectivity index (χ0v) is 20.2. The van der Waals surface area contributed by atoms with Crippen LogP contribution in [0.3, 0.4) is 0 Å². The maximum atomic E-state index is 13.7. The third-order valence-electron chi connectivity index (χ3n) is 7.18. The molecule has 2 aliphatic heterocycles. The summed E-state index contributed by atoms with van der Waals surface area (Å²) in [5, 5.41) is 13.1. The number of nitrogens with zero attached hydrogens (tertiary/aromatic N) is 2. The first-order valence-corrected chi connectivity index (χ1v) is 12.2. The van der Waals surface area contributed by atoms with E-state index < -0.39 is 35.8 Å². The molecule has 2 amide bonds. The van der Waals surface area contributed by atoms with E-state index in [0.29, 0.717) is 26.3 Å². The molecule has 0 spiro atoms. The number of amides is 2. The van der Waals surface area contributed by atoms with Crippen LogP contribution >= 0.6 is 0 Å². The van der Waals surface area contributed by atoms with Gasteiger partial charge in [-0.3, -0.25) is 19.3 Å². The van der Waals surface area contributed by atoms with E-state index in [2.05, 4.69) is 10.2 Å². The van der Waals surface area contributed by atoms with Gasteiger partial charge in [-0.05, 0) is 18.8 Å². The van der Waals surface area contributed by atoms with Crippen molar-refractivity contribution in [1.82, 2.24) is 15.1 Å². The fourth-order valence-corrected chi connectivity index (χ4v) is 5.38. The number of rotatable bonds is 9. The highest BCUT2D eigenvalue weighted by atomic mass is 16.5. The Morgan fingerprint density at radius 2 is 1.97 bits per heavy atom. The molecule has 186 valence electrons.